The molecule has 1 aromatic heterocycles. The third kappa shape index (κ3) is 3.29. The lowest BCUT2D eigenvalue weighted by molar-refractivity contribution is 0.961. The number of hydrogen-bond donors (Lipinski definition) is 2. The first-order valence-corrected chi connectivity index (χ1v) is 7.41. The maximum Gasteiger partial charge on any atom is 0.279 e. The van der Waals surface area contributed by atoms with Crippen molar-refractivity contribution >= 4 is 11.6 Å². The molecule has 0 atom stereocenters. The van der Waals surface area contributed by atoms with Crippen molar-refractivity contribution in [1.29, 1.82) is 0 Å². The standard InChI is InChI=1S/C18H18N4O/c1-11-4-7-14(8-5-11)16-17(23)20-18(22-21-16)19-15-9-6-12(2)13(3)10-15/h4-10H,1-3H3,(H2,19,20,22,23). The second-order valence-corrected chi connectivity index (χ2v) is 5.64. The number of aryl methyl sites for hydroxylation is 3. The maximum absolute atomic E-state index is 12.2. The third-order valence-corrected chi connectivity index (χ3v) is 3.79. The molecule has 0 amide bonds. The van der Waals surface area contributed by atoms with Crippen LogP contribution in [0.15, 0.2) is 47.3 Å². The van der Waals surface area contributed by atoms with Gasteiger partial charge in [0.25, 0.3) is 5.56 Å². The van der Waals surface area contributed by atoms with E-state index in [1.54, 1.807) is 0 Å². The van der Waals surface area contributed by atoms with Crippen LogP contribution in [0.4, 0.5) is 11.6 Å². The van der Waals surface area contributed by atoms with Gasteiger partial charge in [0, 0.05) is 11.3 Å². The van der Waals surface area contributed by atoms with Crippen LogP contribution in [0.3, 0.4) is 0 Å². The van der Waals surface area contributed by atoms with Gasteiger partial charge in [0.15, 0.2) is 5.69 Å². The lowest BCUT2D eigenvalue weighted by atomic mass is 10.1. The van der Waals surface area contributed by atoms with Gasteiger partial charge in [-0.3, -0.25) is 9.78 Å². The largest absolute Gasteiger partial charge is 0.324 e. The molecule has 3 aromatic rings. The molecule has 0 aliphatic carbocycles. The van der Waals surface area contributed by atoms with E-state index in [1.807, 2.05) is 56.3 Å². The Morgan fingerprint density at radius 1 is 0.913 bits per heavy atom. The van der Waals surface area contributed by atoms with E-state index < -0.39 is 0 Å². The molecule has 0 aliphatic rings. The molecule has 23 heavy (non-hydrogen) atoms. The van der Waals surface area contributed by atoms with E-state index >= 15 is 0 Å². The van der Waals surface area contributed by atoms with Crippen LogP contribution in [-0.2, 0) is 0 Å². The monoisotopic (exact) mass is 306 g/mol. The molecule has 2 N–H and O–H groups in total. The average Bonchev–Trinajstić information content (AvgIpc) is 2.52. The molecule has 0 saturated carbocycles. The van der Waals surface area contributed by atoms with Gasteiger partial charge in [-0.15, -0.1) is 10.2 Å². The molecule has 0 aliphatic heterocycles. The summed E-state index contributed by atoms with van der Waals surface area (Å²) < 4.78 is 0. The maximum atomic E-state index is 12.2. The summed E-state index contributed by atoms with van der Waals surface area (Å²) in [5.41, 5.74) is 5.17. The fraction of sp³-hybridized carbons (Fsp3) is 0.167. The predicted molar refractivity (Wildman–Crippen MR) is 92.0 cm³/mol. The van der Waals surface area contributed by atoms with E-state index in [4.69, 9.17) is 0 Å². The average molecular weight is 306 g/mol. The number of benzene rings is 2. The molecule has 5 nitrogen and oxygen atoms in total. The number of nitrogens with one attached hydrogen (secondary N) is 2. The first-order valence-electron chi connectivity index (χ1n) is 7.41. The SMILES string of the molecule is Cc1ccc(-c2nnc(Nc3ccc(C)c(C)c3)[nH]c2=O)cc1. The van der Waals surface area contributed by atoms with Gasteiger partial charge in [0.05, 0.1) is 0 Å². The molecule has 2 aromatic carbocycles. The molecule has 0 fully saturated rings. The van der Waals surface area contributed by atoms with Crippen molar-refractivity contribution in [3.05, 3.63) is 69.5 Å². The zero-order chi connectivity index (χ0) is 16.4. The number of rotatable bonds is 3. The van der Waals surface area contributed by atoms with Gasteiger partial charge in [0.2, 0.25) is 5.95 Å². The number of aromatic amines is 1. The quantitative estimate of drug-likeness (QED) is 0.777. The van der Waals surface area contributed by atoms with Crippen LogP contribution in [0.5, 0.6) is 0 Å². The highest BCUT2D eigenvalue weighted by Crippen LogP contribution is 2.17. The van der Waals surface area contributed by atoms with Gasteiger partial charge in [-0.1, -0.05) is 35.9 Å². The Labute approximate surface area is 134 Å². The molecular formula is C18H18N4O. The minimum absolute atomic E-state index is 0.268. The lowest BCUT2D eigenvalue weighted by Gasteiger charge is -2.08. The van der Waals surface area contributed by atoms with E-state index in [9.17, 15) is 4.79 Å². The van der Waals surface area contributed by atoms with Crippen LogP contribution in [0.2, 0.25) is 0 Å². The van der Waals surface area contributed by atoms with Crippen LogP contribution < -0.4 is 10.9 Å². The fourth-order valence-electron chi connectivity index (χ4n) is 2.25. The molecule has 0 bridgehead atoms. The summed E-state index contributed by atoms with van der Waals surface area (Å²) in [6.45, 7) is 6.09. The van der Waals surface area contributed by atoms with Crippen molar-refractivity contribution in [1.82, 2.24) is 15.2 Å². The summed E-state index contributed by atoms with van der Waals surface area (Å²) >= 11 is 0. The molecule has 0 radical (unpaired) electrons. The fourth-order valence-corrected chi connectivity index (χ4v) is 2.25. The summed E-state index contributed by atoms with van der Waals surface area (Å²) in [4.78, 5) is 15.0. The number of H-pyrrole nitrogens is 1. The number of hydrogen-bond acceptors (Lipinski definition) is 4. The Hall–Kier alpha value is -2.95. The van der Waals surface area contributed by atoms with Gasteiger partial charge in [0.1, 0.15) is 0 Å². The first-order chi connectivity index (χ1) is 11.0. The Kier molecular flexibility index (Phi) is 3.93. The Morgan fingerprint density at radius 3 is 2.30 bits per heavy atom. The van der Waals surface area contributed by atoms with Gasteiger partial charge in [-0.2, -0.15) is 0 Å². The summed E-state index contributed by atoms with van der Waals surface area (Å²) in [6.07, 6.45) is 0. The summed E-state index contributed by atoms with van der Waals surface area (Å²) in [6, 6.07) is 13.6. The number of anilines is 2. The zero-order valence-electron chi connectivity index (χ0n) is 13.3. The highest BCUT2D eigenvalue weighted by molar-refractivity contribution is 5.59. The molecule has 0 unspecified atom stereocenters. The molecule has 0 saturated heterocycles. The number of nitrogens with zero attached hydrogens (tertiary/aromatic N) is 2. The molecule has 0 spiro atoms. The highest BCUT2D eigenvalue weighted by Gasteiger charge is 2.08. The van der Waals surface area contributed by atoms with Crippen LogP contribution >= 0.6 is 0 Å². The highest BCUT2D eigenvalue weighted by atomic mass is 16.1. The van der Waals surface area contributed by atoms with Crippen LogP contribution in [0.1, 0.15) is 16.7 Å². The topological polar surface area (TPSA) is 70.7 Å². The lowest BCUT2D eigenvalue weighted by Crippen LogP contribution is -2.15. The Balaban J connectivity index is 1.88. The summed E-state index contributed by atoms with van der Waals surface area (Å²) in [5, 5.41) is 11.2. The third-order valence-electron chi connectivity index (χ3n) is 3.79. The van der Waals surface area contributed by atoms with Crippen molar-refractivity contribution in [3.8, 4) is 11.3 Å². The Bertz CT molecular complexity index is 898. The van der Waals surface area contributed by atoms with E-state index in [-0.39, 0.29) is 5.56 Å². The van der Waals surface area contributed by atoms with E-state index in [2.05, 4.69) is 27.4 Å². The summed E-state index contributed by atoms with van der Waals surface area (Å²) in [7, 11) is 0. The molecular weight excluding hydrogens is 288 g/mol. The first kappa shape index (κ1) is 15.0. The smallest absolute Gasteiger partial charge is 0.279 e. The summed E-state index contributed by atoms with van der Waals surface area (Å²) in [5.74, 6) is 0.328. The van der Waals surface area contributed by atoms with E-state index in [0.29, 0.717) is 11.6 Å². The molecule has 116 valence electrons. The van der Waals surface area contributed by atoms with Gasteiger partial charge in [-0.25, -0.2) is 0 Å². The Morgan fingerprint density at radius 2 is 1.65 bits per heavy atom. The van der Waals surface area contributed by atoms with Crippen molar-refractivity contribution in [2.45, 2.75) is 20.8 Å². The molecule has 3 rings (SSSR count). The van der Waals surface area contributed by atoms with Gasteiger partial charge >= 0.3 is 0 Å². The minimum Gasteiger partial charge on any atom is -0.324 e. The molecule has 1 heterocycles. The molecule has 5 heteroatoms. The predicted octanol–water partition coefficient (Wildman–Crippen LogP) is 3.50. The van der Waals surface area contributed by atoms with Crippen molar-refractivity contribution in [2.75, 3.05) is 5.32 Å². The second kappa shape index (κ2) is 6.04. The van der Waals surface area contributed by atoms with Crippen molar-refractivity contribution in [2.24, 2.45) is 0 Å². The zero-order valence-corrected chi connectivity index (χ0v) is 13.3. The normalized spacial score (nSPS) is 10.6. The van der Waals surface area contributed by atoms with Gasteiger partial charge < -0.3 is 5.32 Å². The van der Waals surface area contributed by atoms with Crippen molar-refractivity contribution in [3.63, 3.8) is 0 Å². The number of aromatic nitrogens is 3. The van der Waals surface area contributed by atoms with Crippen LogP contribution in [0, 0.1) is 20.8 Å². The minimum atomic E-state index is -0.268. The van der Waals surface area contributed by atoms with Crippen LogP contribution in [0.25, 0.3) is 11.3 Å². The van der Waals surface area contributed by atoms with Crippen LogP contribution in [-0.4, -0.2) is 15.2 Å². The van der Waals surface area contributed by atoms with E-state index in [0.717, 1.165) is 16.8 Å². The second-order valence-electron chi connectivity index (χ2n) is 5.64. The van der Waals surface area contributed by atoms with Crippen molar-refractivity contribution < 1.29 is 0 Å². The van der Waals surface area contributed by atoms with E-state index in [1.165, 1.54) is 11.1 Å². The van der Waals surface area contributed by atoms with Gasteiger partial charge in [-0.05, 0) is 44.0 Å².